The molecule has 0 unspecified atom stereocenters. The van der Waals surface area contributed by atoms with Gasteiger partial charge in [0.1, 0.15) is 23.9 Å². The Balaban J connectivity index is 1.39. The second kappa shape index (κ2) is 10.9. The Bertz CT molecular complexity index is 1280. The van der Waals surface area contributed by atoms with Crippen molar-refractivity contribution in [1.29, 1.82) is 0 Å². The van der Waals surface area contributed by atoms with Crippen LogP contribution >= 0.6 is 0 Å². The molecular formula is C31H32FNO2. The number of methoxy groups -OCH3 is 1. The van der Waals surface area contributed by atoms with E-state index < -0.39 is 0 Å². The van der Waals surface area contributed by atoms with Crippen LogP contribution in [-0.4, -0.2) is 38.3 Å². The van der Waals surface area contributed by atoms with Crippen LogP contribution < -0.4 is 9.47 Å². The fourth-order valence-corrected chi connectivity index (χ4v) is 5.00. The van der Waals surface area contributed by atoms with Crippen LogP contribution in [-0.2, 0) is 6.42 Å². The van der Waals surface area contributed by atoms with E-state index in [1.54, 1.807) is 13.2 Å². The molecule has 0 aromatic heterocycles. The normalized spacial score (nSPS) is 14.2. The zero-order valence-corrected chi connectivity index (χ0v) is 20.3. The molecule has 0 aliphatic carbocycles. The molecule has 0 N–H and O–H groups in total. The van der Waals surface area contributed by atoms with E-state index in [1.807, 2.05) is 48.5 Å². The van der Waals surface area contributed by atoms with E-state index in [0.717, 1.165) is 45.5 Å². The summed E-state index contributed by atoms with van der Waals surface area (Å²) in [5, 5.41) is 2.19. The van der Waals surface area contributed by atoms with E-state index in [2.05, 4.69) is 23.1 Å². The SMILES string of the molecule is COc1ccc2c(Cc3ccc(OCCN4CCCCC4)cc3)c(-c3ccccc3F)ccc2c1. The number of piperidine rings is 1. The molecule has 180 valence electrons. The summed E-state index contributed by atoms with van der Waals surface area (Å²) in [7, 11) is 1.67. The van der Waals surface area contributed by atoms with Gasteiger partial charge in [0.05, 0.1) is 7.11 Å². The topological polar surface area (TPSA) is 21.7 Å². The maximum absolute atomic E-state index is 14.8. The minimum atomic E-state index is -0.209. The van der Waals surface area contributed by atoms with Crippen molar-refractivity contribution in [3.63, 3.8) is 0 Å². The van der Waals surface area contributed by atoms with Gasteiger partial charge in [0, 0.05) is 12.1 Å². The first kappa shape index (κ1) is 23.4. The van der Waals surface area contributed by atoms with Crippen LogP contribution in [0.1, 0.15) is 30.4 Å². The largest absolute Gasteiger partial charge is 0.497 e. The third-order valence-corrected chi connectivity index (χ3v) is 6.93. The fraction of sp³-hybridized carbons (Fsp3) is 0.290. The number of hydrogen-bond donors (Lipinski definition) is 0. The van der Waals surface area contributed by atoms with Crippen molar-refractivity contribution in [2.45, 2.75) is 25.7 Å². The molecule has 3 nitrogen and oxygen atoms in total. The Hall–Kier alpha value is -3.37. The van der Waals surface area contributed by atoms with Gasteiger partial charge in [-0.05, 0) is 90.1 Å². The van der Waals surface area contributed by atoms with Crippen LogP contribution in [0, 0.1) is 5.82 Å². The molecule has 1 heterocycles. The number of ether oxygens (including phenoxy) is 2. The van der Waals surface area contributed by atoms with Crippen molar-refractivity contribution in [2.24, 2.45) is 0 Å². The predicted molar refractivity (Wildman–Crippen MR) is 141 cm³/mol. The van der Waals surface area contributed by atoms with Crippen molar-refractivity contribution in [3.8, 4) is 22.6 Å². The summed E-state index contributed by atoms with van der Waals surface area (Å²) in [4.78, 5) is 2.48. The molecule has 5 rings (SSSR count). The molecule has 4 aromatic rings. The van der Waals surface area contributed by atoms with Crippen LogP contribution in [0.5, 0.6) is 11.5 Å². The van der Waals surface area contributed by atoms with Crippen LogP contribution in [0.25, 0.3) is 21.9 Å². The molecule has 1 aliphatic heterocycles. The highest BCUT2D eigenvalue weighted by Gasteiger charge is 2.14. The molecule has 0 bridgehead atoms. The summed E-state index contributed by atoms with van der Waals surface area (Å²) in [5.41, 5.74) is 3.81. The Kier molecular flexibility index (Phi) is 7.29. The first-order valence-corrected chi connectivity index (χ1v) is 12.5. The molecule has 0 spiro atoms. The monoisotopic (exact) mass is 469 g/mol. The number of benzene rings is 4. The van der Waals surface area contributed by atoms with Crippen molar-refractivity contribution >= 4 is 10.8 Å². The molecule has 0 atom stereocenters. The third-order valence-electron chi connectivity index (χ3n) is 6.93. The Morgan fingerprint density at radius 2 is 1.57 bits per heavy atom. The second-order valence-electron chi connectivity index (χ2n) is 9.23. The van der Waals surface area contributed by atoms with Crippen molar-refractivity contribution in [3.05, 3.63) is 95.8 Å². The number of nitrogens with zero attached hydrogens (tertiary/aromatic N) is 1. The standard InChI is InChI=1S/C31H32FNO2/c1-34-26-14-16-27-24(22-26)11-15-28(29-7-3-4-8-31(29)32)30(27)21-23-9-12-25(13-10-23)35-20-19-33-17-5-2-6-18-33/h3-4,7-16,22H,2,5-6,17-21H2,1H3. The molecule has 4 heteroatoms. The van der Waals surface area contributed by atoms with Gasteiger partial charge in [-0.3, -0.25) is 4.90 Å². The van der Waals surface area contributed by atoms with Gasteiger partial charge < -0.3 is 9.47 Å². The fourth-order valence-electron chi connectivity index (χ4n) is 5.00. The molecule has 0 saturated carbocycles. The molecule has 0 amide bonds. The Morgan fingerprint density at radius 3 is 2.34 bits per heavy atom. The van der Waals surface area contributed by atoms with E-state index in [4.69, 9.17) is 9.47 Å². The van der Waals surface area contributed by atoms with Crippen LogP contribution in [0.2, 0.25) is 0 Å². The van der Waals surface area contributed by atoms with Crippen LogP contribution in [0.4, 0.5) is 4.39 Å². The van der Waals surface area contributed by atoms with Gasteiger partial charge in [-0.25, -0.2) is 4.39 Å². The average molecular weight is 470 g/mol. The third kappa shape index (κ3) is 5.49. The van der Waals surface area contributed by atoms with Gasteiger partial charge in [-0.1, -0.05) is 55.0 Å². The number of hydrogen-bond acceptors (Lipinski definition) is 3. The molecule has 1 fully saturated rings. The Morgan fingerprint density at radius 1 is 0.800 bits per heavy atom. The lowest BCUT2D eigenvalue weighted by Crippen LogP contribution is -2.33. The summed E-state index contributed by atoms with van der Waals surface area (Å²) < 4.78 is 26.2. The van der Waals surface area contributed by atoms with Crippen molar-refractivity contribution in [1.82, 2.24) is 4.90 Å². The minimum absolute atomic E-state index is 0.209. The predicted octanol–water partition coefficient (Wildman–Crippen LogP) is 7.11. The van der Waals surface area contributed by atoms with Gasteiger partial charge in [-0.15, -0.1) is 0 Å². The molecule has 0 radical (unpaired) electrons. The van der Waals surface area contributed by atoms with E-state index in [0.29, 0.717) is 18.6 Å². The molecule has 4 aromatic carbocycles. The highest BCUT2D eigenvalue weighted by Crippen LogP contribution is 2.35. The maximum atomic E-state index is 14.8. The summed E-state index contributed by atoms with van der Waals surface area (Å²) in [6.45, 7) is 4.06. The van der Waals surface area contributed by atoms with Gasteiger partial charge in [-0.2, -0.15) is 0 Å². The highest BCUT2D eigenvalue weighted by atomic mass is 19.1. The van der Waals surface area contributed by atoms with Gasteiger partial charge in [0.15, 0.2) is 0 Å². The van der Waals surface area contributed by atoms with Gasteiger partial charge in [0.25, 0.3) is 0 Å². The summed E-state index contributed by atoms with van der Waals surface area (Å²) in [6, 6.07) is 25.4. The number of rotatable bonds is 8. The number of likely N-dealkylation sites (tertiary alicyclic amines) is 1. The summed E-state index contributed by atoms with van der Waals surface area (Å²) in [5.74, 6) is 1.50. The lowest BCUT2D eigenvalue weighted by molar-refractivity contribution is 0.183. The Labute approximate surface area is 207 Å². The first-order chi connectivity index (χ1) is 17.2. The molecule has 1 saturated heterocycles. The lowest BCUT2D eigenvalue weighted by atomic mass is 9.90. The minimum Gasteiger partial charge on any atom is -0.497 e. The second-order valence-corrected chi connectivity index (χ2v) is 9.23. The van der Waals surface area contributed by atoms with Crippen LogP contribution in [0.3, 0.4) is 0 Å². The van der Waals surface area contributed by atoms with E-state index in [9.17, 15) is 4.39 Å². The first-order valence-electron chi connectivity index (χ1n) is 12.5. The maximum Gasteiger partial charge on any atom is 0.131 e. The van der Waals surface area contributed by atoms with Gasteiger partial charge >= 0.3 is 0 Å². The smallest absolute Gasteiger partial charge is 0.131 e. The van der Waals surface area contributed by atoms with Crippen LogP contribution in [0.15, 0.2) is 78.9 Å². The quantitative estimate of drug-likeness (QED) is 0.274. The number of halogens is 1. The van der Waals surface area contributed by atoms with E-state index >= 15 is 0 Å². The average Bonchev–Trinajstić information content (AvgIpc) is 2.90. The zero-order chi connectivity index (χ0) is 24.0. The summed E-state index contributed by atoms with van der Waals surface area (Å²) >= 11 is 0. The number of fused-ring (bicyclic) bond motifs is 1. The molecule has 1 aliphatic rings. The zero-order valence-electron chi connectivity index (χ0n) is 20.3. The molecular weight excluding hydrogens is 437 g/mol. The highest BCUT2D eigenvalue weighted by molar-refractivity contribution is 5.93. The van der Waals surface area contributed by atoms with E-state index in [-0.39, 0.29) is 5.82 Å². The summed E-state index contributed by atoms with van der Waals surface area (Å²) in [6.07, 6.45) is 4.64. The van der Waals surface area contributed by atoms with E-state index in [1.165, 1.54) is 38.4 Å². The molecule has 35 heavy (non-hydrogen) atoms. The van der Waals surface area contributed by atoms with Crippen molar-refractivity contribution < 1.29 is 13.9 Å². The van der Waals surface area contributed by atoms with Crippen molar-refractivity contribution in [2.75, 3.05) is 33.4 Å². The lowest BCUT2D eigenvalue weighted by Gasteiger charge is -2.26. The van der Waals surface area contributed by atoms with Gasteiger partial charge in [0.2, 0.25) is 0 Å².